The maximum Gasteiger partial charge on any atom is 0.161 e. The van der Waals surface area contributed by atoms with E-state index in [9.17, 15) is 5.11 Å². The van der Waals surface area contributed by atoms with Crippen molar-refractivity contribution < 1.29 is 14.6 Å². The predicted octanol–water partition coefficient (Wildman–Crippen LogP) is 5.16. The minimum absolute atomic E-state index is 0.115. The Morgan fingerprint density at radius 2 is 1.85 bits per heavy atom. The van der Waals surface area contributed by atoms with Gasteiger partial charge in [-0.15, -0.1) is 0 Å². The van der Waals surface area contributed by atoms with Crippen molar-refractivity contribution in [1.29, 1.82) is 0 Å². The van der Waals surface area contributed by atoms with Crippen LogP contribution in [0, 0.1) is 6.92 Å². The van der Waals surface area contributed by atoms with Gasteiger partial charge in [-0.2, -0.15) is 5.10 Å². The zero-order chi connectivity index (χ0) is 23.4. The zero-order valence-corrected chi connectivity index (χ0v) is 20.3. The first-order chi connectivity index (χ1) is 16.0. The van der Waals surface area contributed by atoms with Gasteiger partial charge >= 0.3 is 0 Å². The maximum atomic E-state index is 10.0. The molecule has 3 aromatic rings. The molecule has 2 aromatic carbocycles. The molecule has 1 aromatic heterocycles. The number of aryl methyl sites for hydroxylation is 1. The van der Waals surface area contributed by atoms with Gasteiger partial charge in [-0.1, -0.05) is 48.7 Å². The summed E-state index contributed by atoms with van der Waals surface area (Å²) < 4.78 is 13.5. The number of methoxy groups -OCH3 is 1. The summed E-state index contributed by atoms with van der Waals surface area (Å²) in [6, 6.07) is 15.8. The highest BCUT2D eigenvalue weighted by Crippen LogP contribution is 2.36. The van der Waals surface area contributed by atoms with Gasteiger partial charge in [0.05, 0.1) is 25.1 Å². The van der Waals surface area contributed by atoms with Crippen molar-refractivity contribution in [1.82, 2.24) is 14.7 Å². The topological polar surface area (TPSA) is 59.8 Å². The number of para-hydroxylation sites is 1. The summed E-state index contributed by atoms with van der Waals surface area (Å²) >= 11 is 6.64. The molecule has 6 nitrogen and oxygen atoms in total. The Balaban J connectivity index is 1.48. The number of halogens is 1. The third-order valence-corrected chi connectivity index (χ3v) is 7.17. The van der Waals surface area contributed by atoms with Gasteiger partial charge in [-0.3, -0.25) is 4.90 Å². The standard InChI is InChI=1S/C26H32ClN3O3/c1-19-22(25(27)30(28-19)21-9-5-4-6-10-21)17-33-23-12-11-20(15-24(23)32-3)16-29(2)26(18-31)13-7-8-14-26/h4-6,9-12,15,31H,7-8,13-14,16-18H2,1-3H3. The molecule has 0 atom stereocenters. The normalized spacial score (nSPS) is 15.2. The van der Waals surface area contributed by atoms with Crippen LogP contribution in [0.5, 0.6) is 11.5 Å². The maximum absolute atomic E-state index is 10.0. The molecule has 0 spiro atoms. The van der Waals surface area contributed by atoms with Crippen LogP contribution >= 0.6 is 11.6 Å². The average Bonchev–Trinajstić information content (AvgIpc) is 3.44. The van der Waals surface area contributed by atoms with Crippen LogP contribution in [0.15, 0.2) is 48.5 Å². The van der Waals surface area contributed by atoms with Crippen molar-refractivity contribution in [2.75, 3.05) is 20.8 Å². The summed E-state index contributed by atoms with van der Waals surface area (Å²) in [6.45, 7) is 3.16. The number of aliphatic hydroxyl groups excluding tert-OH is 1. The molecule has 0 saturated heterocycles. The number of aliphatic hydroxyl groups is 1. The Bertz CT molecular complexity index is 1080. The van der Waals surface area contributed by atoms with Gasteiger partial charge < -0.3 is 14.6 Å². The van der Waals surface area contributed by atoms with E-state index in [0.29, 0.717) is 23.3 Å². The fraction of sp³-hybridized carbons (Fsp3) is 0.423. The SMILES string of the molecule is COc1cc(CN(C)C2(CO)CCCC2)ccc1OCc1c(C)nn(-c2ccccc2)c1Cl. The average molecular weight is 470 g/mol. The molecule has 7 heteroatoms. The van der Waals surface area contributed by atoms with Crippen LogP contribution < -0.4 is 9.47 Å². The fourth-order valence-corrected chi connectivity index (χ4v) is 4.98. The van der Waals surface area contributed by atoms with E-state index in [-0.39, 0.29) is 12.1 Å². The molecule has 176 valence electrons. The van der Waals surface area contributed by atoms with Gasteiger partial charge in [0.15, 0.2) is 11.5 Å². The second-order valence-corrected chi connectivity index (χ2v) is 9.18. The smallest absolute Gasteiger partial charge is 0.161 e. The fourth-order valence-electron chi connectivity index (χ4n) is 4.65. The minimum Gasteiger partial charge on any atom is -0.493 e. The Morgan fingerprint density at radius 1 is 1.12 bits per heavy atom. The van der Waals surface area contributed by atoms with E-state index in [4.69, 9.17) is 21.1 Å². The molecule has 4 rings (SSSR count). The largest absolute Gasteiger partial charge is 0.493 e. The van der Waals surface area contributed by atoms with Crippen molar-refractivity contribution in [2.45, 2.75) is 51.3 Å². The van der Waals surface area contributed by atoms with Gasteiger partial charge in [0.2, 0.25) is 0 Å². The van der Waals surface area contributed by atoms with Crippen LogP contribution in [-0.2, 0) is 13.2 Å². The molecule has 0 radical (unpaired) electrons. The van der Waals surface area contributed by atoms with Crippen LogP contribution in [-0.4, -0.2) is 46.1 Å². The highest BCUT2D eigenvalue weighted by Gasteiger charge is 2.37. The first-order valence-electron chi connectivity index (χ1n) is 11.4. The summed E-state index contributed by atoms with van der Waals surface area (Å²) in [6.07, 6.45) is 4.41. The van der Waals surface area contributed by atoms with E-state index in [0.717, 1.165) is 41.9 Å². The first kappa shape index (κ1) is 23.6. The van der Waals surface area contributed by atoms with Crippen molar-refractivity contribution in [3.05, 3.63) is 70.5 Å². The lowest BCUT2D eigenvalue weighted by Gasteiger charge is -2.37. The Hall–Kier alpha value is -2.54. The lowest BCUT2D eigenvalue weighted by atomic mass is 9.96. The van der Waals surface area contributed by atoms with E-state index in [1.165, 1.54) is 12.8 Å². The number of benzene rings is 2. The number of aromatic nitrogens is 2. The number of nitrogens with zero attached hydrogens (tertiary/aromatic N) is 3. The number of ether oxygens (including phenoxy) is 2. The minimum atomic E-state index is -0.115. The molecule has 0 bridgehead atoms. The van der Waals surface area contributed by atoms with E-state index in [2.05, 4.69) is 23.1 Å². The Labute approximate surface area is 200 Å². The molecular weight excluding hydrogens is 438 g/mol. The number of hydrogen-bond donors (Lipinski definition) is 1. The highest BCUT2D eigenvalue weighted by molar-refractivity contribution is 6.30. The van der Waals surface area contributed by atoms with Crippen LogP contribution in [0.1, 0.15) is 42.5 Å². The number of likely N-dealkylation sites (N-methyl/N-ethyl adjacent to an activating group) is 1. The van der Waals surface area contributed by atoms with Gasteiger partial charge in [0.1, 0.15) is 11.8 Å². The molecule has 33 heavy (non-hydrogen) atoms. The number of hydrogen-bond acceptors (Lipinski definition) is 5. The third-order valence-electron chi connectivity index (χ3n) is 6.78. The van der Waals surface area contributed by atoms with Gasteiger partial charge in [-0.05, 0) is 56.6 Å². The Kier molecular flexibility index (Phi) is 7.27. The Morgan fingerprint density at radius 3 is 2.52 bits per heavy atom. The molecule has 1 fully saturated rings. The van der Waals surface area contributed by atoms with Crippen LogP contribution in [0.25, 0.3) is 5.69 Å². The van der Waals surface area contributed by atoms with E-state index in [1.54, 1.807) is 11.8 Å². The molecule has 1 N–H and O–H groups in total. The molecule has 1 aliphatic rings. The van der Waals surface area contributed by atoms with Crippen molar-refractivity contribution in [3.63, 3.8) is 0 Å². The lowest BCUT2D eigenvalue weighted by molar-refractivity contribution is 0.0485. The monoisotopic (exact) mass is 469 g/mol. The summed E-state index contributed by atoms with van der Waals surface area (Å²) in [5.41, 5.74) is 3.58. The second-order valence-electron chi connectivity index (χ2n) is 8.82. The summed E-state index contributed by atoms with van der Waals surface area (Å²) in [4.78, 5) is 2.27. The molecule has 0 unspecified atom stereocenters. The molecule has 1 aliphatic carbocycles. The quantitative estimate of drug-likeness (QED) is 0.469. The van der Waals surface area contributed by atoms with Crippen molar-refractivity contribution >= 4 is 11.6 Å². The van der Waals surface area contributed by atoms with Crippen LogP contribution in [0.4, 0.5) is 0 Å². The zero-order valence-electron chi connectivity index (χ0n) is 19.6. The second kappa shape index (κ2) is 10.2. The van der Waals surface area contributed by atoms with Crippen LogP contribution in [0.2, 0.25) is 5.15 Å². The summed E-state index contributed by atoms with van der Waals surface area (Å²) in [5, 5.41) is 15.1. The van der Waals surface area contributed by atoms with Gasteiger partial charge in [0.25, 0.3) is 0 Å². The predicted molar refractivity (Wildman–Crippen MR) is 130 cm³/mol. The molecule has 0 amide bonds. The van der Waals surface area contributed by atoms with Gasteiger partial charge in [-0.25, -0.2) is 4.68 Å². The lowest BCUT2D eigenvalue weighted by Crippen LogP contribution is -2.46. The first-order valence-corrected chi connectivity index (χ1v) is 11.8. The molecule has 0 aliphatic heterocycles. The highest BCUT2D eigenvalue weighted by atomic mass is 35.5. The summed E-state index contributed by atoms with van der Waals surface area (Å²) in [5.74, 6) is 1.33. The van der Waals surface area contributed by atoms with Gasteiger partial charge in [0, 0.05) is 17.6 Å². The summed E-state index contributed by atoms with van der Waals surface area (Å²) in [7, 11) is 3.74. The molecule has 1 heterocycles. The van der Waals surface area contributed by atoms with Crippen molar-refractivity contribution in [3.8, 4) is 17.2 Å². The molecular formula is C26H32ClN3O3. The van der Waals surface area contributed by atoms with E-state index >= 15 is 0 Å². The third kappa shape index (κ3) is 4.88. The van der Waals surface area contributed by atoms with Crippen LogP contribution in [0.3, 0.4) is 0 Å². The number of rotatable bonds is 9. The van der Waals surface area contributed by atoms with Crippen molar-refractivity contribution in [2.24, 2.45) is 0 Å². The molecule has 1 saturated carbocycles. The van der Waals surface area contributed by atoms with E-state index < -0.39 is 0 Å². The van der Waals surface area contributed by atoms with E-state index in [1.807, 2.05) is 49.4 Å².